The third-order valence-electron chi connectivity index (χ3n) is 5.46. The summed E-state index contributed by atoms with van der Waals surface area (Å²) in [7, 11) is 0. The first-order chi connectivity index (χ1) is 12.8. The standard InChI is InChI=1S/C21H26N4O/c26-21(16-25-20(8-12-23-25)19-7-4-11-22-15-19)24-13-9-18(10-14-24)17-5-2-1-3-6-17/h1-3,5-6,8-9,12,19,22H,4,7,10-11,13-16H2. The van der Waals surface area contributed by atoms with Crippen LogP contribution in [0.4, 0.5) is 0 Å². The minimum Gasteiger partial charge on any atom is -0.337 e. The monoisotopic (exact) mass is 350 g/mol. The maximum Gasteiger partial charge on any atom is 0.244 e. The van der Waals surface area contributed by atoms with Crippen LogP contribution in [-0.4, -0.2) is 46.8 Å². The van der Waals surface area contributed by atoms with Gasteiger partial charge in [0.15, 0.2) is 0 Å². The van der Waals surface area contributed by atoms with Gasteiger partial charge in [-0.2, -0.15) is 5.10 Å². The Morgan fingerprint density at radius 1 is 1.23 bits per heavy atom. The highest BCUT2D eigenvalue weighted by atomic mass is 16.2. The van der Waals surface area contributed by atoms with Crippen LogP contribution in [0.5, 0.6) is 0 Å². The fourth-order valence-electron chi connectivity index (χ4n) is 3.96. The fraction of sp³-hybridized carbons (Fsp3) is 0.429. The van der Waals surface area contributed by atoms with Gasteiger partial charge in [0.2, 0.25) is 5.91 Å². The van der Waals surface area contributed by atoms with Crippen LogP contribution < -0.4 is 5.32 Å². The Balaban J connectivity index is 1.39. The van der Waals surface area contributed by atoms with Gasteiger partial charge >= 0.3 is 0 Å². The van der Waals surface area contributed by atoms with Gasteiger partial charge in [0.25, 0.3) is 0 Å². The molecule has 2 aliphatic heterocycles. The van der Waals surface area contributed by atoms with Gasteiger partial charge < -0.3 is 10.2 Å². The number of carbonyl (C=O) groups is 1. The molecule has 4 rings (SSSR count). The molecule has 136 valence electrons. The molecule has 1 atom stereocenters. The topological polar surface area (TPSA) is 50.2 Å². The molecule has 2 aliphatic rings. The van der Waals surface area contributed by atoms with E-state index in [1.54, 1.807) is 0 Å². The number of nitrogens with one attached hydrogen (secondary N) is 1. The molecule has 0 bridgehead atoms. The average Bonchev–Trinajstić information content (AvgIpc) is 3.17. The number of carbonyl (C=O) groups excluding carboxylic acids is 1. The minimum absolute atomic E-state index is 0.155. The summed E-state index contributed by atoms with van der Waals surface area (Å²) in [5.41, 5.74) is 3.78. The van der Waals surface area contributed by atoms with Crippen LogP contribution in [0.3, 0.4) is 0 Å². The zero-order valence-corrected chi connectivity index (χ0v) is 15.1. The molecule has 5 heteroatoms. The molecule has 1 unspecified atom stereocenters. The van der Waals surface area contributed by atoms with Crippen LogP contribution in [0, 0.1) is 0 Å². The first-order valence-corrected chi connectivity index (χ1v) is 9.56. The van der Waals surface area contributed by atoms with E-state index < -0.39 is 0 Å². The first kappa shape index (κ1) is 17.0. The Hall–Kier alpha value is -2.40. The van der Waals surface area contributed by atoms with Gasteiger partial charge in [-0.1, -0.05) is 36.4 Å². The van der Waals surface area contributed by atoms with Crippen molar-refractivity contribution in [2.45, 2.75) is 31.7 Å². The fourth-order valence-corrected chi connectivity index (χ4v) is 3.96. The number of rotatable bonds is 4. The molecule has 0 spiro atoms. The van der Waals surface area contributed by atoms with E-state index in [2.05, 4.69) is 46.8 Å². The predicted octanol–water partition coefficient (Wildman–Crippen LogP) is 2.67. The van der Waals surface area contributed by atoms with E-state index in [4.69, 9.17) is 0 Å². The Bertz CT molecular complexity index is 774. The van der Waals surface area contributed by atoms with Gasteiger partial charge in [0, 0.05) is 37.4 Å². The summed E-state index contributed by atoms with van der Waals surface area (Å²) in [4.78, 5) is 14.7. The van der Waals surface area contributed by atoms with E-state index in [0.717, 1.165) is 26.1 Å². The van der Waals surface area contributed by atoms with Crippen molar-refractivity contribution in [3.8, 4) is 0 Å². The molecule has 2 aromatic rings. The normalized spacial score (nSPS) is 20.7. The van der Waals surface area contributed by atoms with Crippen LogP contribution in [0.1, 0.15) is 36.4 Å². The second-order valence-electron chi connectivity index (χ2n) is 7.14. The minimum atomic E-state index is 0.155. The maximum atomic E-state index is 12.8. The zero-order valence-electron chi connectivity index (χ0n) is 15.1. The lowest BCUT2D eigenvalue weighted by Gasteiger charge is -2.28. The van der Waals surface area contributed by atoms with Crippen molar-refractivity contribution in [3.63, 3.8) is 0 Å². The molecule has 1 amide bonds. The van der Waals surface area contributed by atoms with Crippen molar-refractivity contribution >= 4 is 11.5 Å². The second kappa shape index (κ2) is 7.87. The summed E-state index contributed by atoms with van der Waals surface area (Å²) in [6.45, 7) is 3.87. The maximum absolute atomic E-state index is 12.8. The average molecular weight is 350 g/mol. The molecule has 1 N–H and O–H groups in total. The van der Waals surface area contributed by atoms with E-state index in [1.165, 1.54) is 29.7 Å². The number of hydrogen-bond donors (Lipinski definition) is 1. The van der Waals surface area contributed by atoms with Crippen molar-refractivity contribution in [3.05, 3.63) is 59.9 Å². The lowest BCUT2D eigenvalue weighted by atomic mass is 9.96. The number of hydrogen-bond acceptors (Lipinski definition) is 3. The lowest BCUT2D eigenvalue weighted by Crippen LogP contribution is -2.38. The Labute approximate surface area is 154 Å². The molecule has 1 aromatic carbocycles. The molecular formula is C21H26N4O. The van der Waals surface area contributed by atoms with Gasteiger partial charge in [-0.3, -0.25) is 9.48 Å². The molecule has 5 nitrogen and oxygen atoms in total. The highest BCUT2D eigenvalue weighted by Crippen LogP contribution is 2.24. The number of piperidine rings is 1. The van der Waals surface area contributed by atoms with Crippen LogP contribution in [0.2, 0.25) is 0 Å². The molecular weight excluding hydrogens is 324 g/mol. The van der Waals surface area contributed by atoms with Crippen molar-refractivity contribution in [2.24, 2.45) is 0 Å². The lowest BCUT2D eigenvalue weighted by molar-refractivity contribution is -0.131. The molecule has 0 saturated carbocycles. The van der Waals surface area contributed by atoms with Gasteiger partial charge in [-0.25, -0.2) is 0 Å². The molecule has 0 aliphatic carbocycles. The predicted molar refractivity (Wildman–Crippen MR) is 103 cm³/mol. The third-order valence-corrected chi connectivity index (χ3v) is 5.46. The van der Waals surface area contributed by atoms with Crippen molar-refractivity contribution in [1.29, 1.82) is 0 Å². The molecule has 3 heterocycles. The summed E-state index contributed by atoms with van der Waals surface area (Å²) in [6, 6.07) is 12.5. The molecule has 0 radical (unpaired) electrons. The summed E-state index contributed by atoms with van der Waals surface area (Å²) >= 11 is 0. The smallest absolute Gasteiger partial charge is 0.244 e. The molecule has 1 aromatic heterocycles. The zero-order chi connectivity index (χ0) is 17.8. The highest BCUT2D eigenvalue weighted by molar-refractivity contribution is 5.78. The number of aromatic nitrogens is 2. The van der Waals surface area contributed by atoms with Gasteiger partial charge in [-0.05, 0) is 43.0 Å². The van der Waals surface area contributed by atoms with Gasteiger partial charge in [0.05, 0.1) is 0 Å². The third kappa shape index (κ3) is 3.73. The van der Waals surface area contributed by atoms with Gasteiger partial charge in [0.1, 0.15) is 6.54 Å². The van der Waals surface area contributed by atoms with Crippen LogP contribution in [0.25, 0.3) is 5.57 Å². The first-order valence-electron chi connectivity index (χ1n) is 9.56. The van der Waals surface area contributed by atoms with Crippen molar-refractivity contribution < 1.29 is 4.79 Å². The van der Waals surface area contributed by atoms with E-state index in [-0.39, 0.29) is 5.91 Å². The van der Waals surface area contributed by atoms with Crippen molar-refractivity contribution in [1.82, 2.24) is 20.0 Å². The quantitative estimate of drug-likeness (QED) is 0.922. The number of nitrogens with zero attached hydrogens (tertiary/aromatic N) is 3. The Morgan fingerprint density at radius 2 is 2.12 bits per heavy atom. The number of amides is 1. The summed E-state index contributed by atoms with van der Waals surface area (Å²) < 4.78 is 1.90. The number of benzene rings is 1. The second-order valence-corrected chi connectivity index (χ2v) is 7.14. The SMILES string of the molecule is O=C(Cn1nccc1C1CCCNC1)N1CC=C(c2ccccc2)CC1. The molecule has 1 saturated heterocycles. The van der Waals surface area contributed by atoms with Crippen molar-refractivity contribution in [2.75, 3.05) is 26.2 Å². The van der Waals surface area contributed by atoms with Crippen LogP contribution in [-0.2, 0) is 11.3 Å². The Morgan fingerprint density at radius 3 is 2.85 bits per heavy atom. The van der Waals surface area contributed by atoms with E-state index in [0.29, 0.717) is 19.0 Å². The van der Waals surface area contributed by atoms with Crippen LogP contribution in [0.15, 0.2) is 48.7 Å². The van der Waals surface area contributed by atoms with Crippen LogP contribution >= 0.6 is 0 Å². The largest absolute Gasteiger partial charge is 0.337 e. The highest BCUT2D eigenvalue weighted by Gasteiger charge is 2.22. The summed E-state index contributed by atoms with van der Waals surface area (Å²) in [5, 5.41) is 7.86. The van der Waals surface area contributed by atoms with E-state index >= 15 is 0 Å². The summed E-state index contributed by atoms with van der Waals surface area (Å²) in [6.07, 6.45) is 7.27. The Kier molecular flexibility index (Phi) is 5.16. The van der Waals surface area contributed by atoms with E-state index in [9.17, 15) is 4.79 Å². The van der Waals surface area contributed by atoms with E-state index in [1.807, 2.05) is 21.8 Å². The van der Waals surface area contributed by atoms with Gasteiger partial charge in [-0.15, -0.1) is 0 Å². The summed E-state index contributed by atoms with van der Waals surface area (Å²) in [5.74, 6) is 0.618. The molecule has 26 heavy (non-hydrogen) atoms. The molecule has 1 fully saturated rings.